The molecule has 12 rings (SSSR count). The molecular formula is C57H36N4S3. The Labute approximate surface area is 381 Å². The molecule has 0 radical (unpaired) electrons. The van der Waals surface area contributed by atoms with Gasteiger partial charge in [0.25, 0.3) is 0 Å². The number of hydrogen-bond acceptors (Lipinski definition) is 7. The van der Waals surface area contributed by atoms with Crippen molar-refractivity contribution in [3.63, 3.8) is 0 Å². The normalized spacial score (nSPS) is 12.2. The van der Waals surface area contributed by atoms with E-state index < -0.39 is 0 Å². The lowest BCUT2D eigenvalue weighted by atomic mass is 10.0. The van der Waals surface area contributed by atoms with E-state index in [0.717, 1.165) is 65.3 Å². The van der Waals surface area contributed by atoms with Crippen molar-refractivity contribution in [3.05, 3.63) is 214 Å². The lowest BCUT2D eigenvalue weighted by Crippen LogP contribution is -2.10. The summed E-state index contributed by atoms with van der Waals surface area (Å²) >= 11 is 5.14. The van der Waals surface area contributed by atoms with Crippen LogP contribution < -0.4 is 4.90 Å². The zero-order chi connectivity index (χ0) is 42.4. The molecule has 0 spiro atoms. The Morgan fingerprint density at radius 2 is 0.594 bits per heavy atom. The van der Waals surface area contributed by atoms with Gasteiger partial charge in [-0.15, -0.1) is 34.0 Å². The molecule has 3 heterocycles. The first kappa shape index (κ1) is 38.2. The minimum Gasteiger partial charge on any atom is -0.310 e. The van der Waals surface area contributed by atoms with E-state index in [1.165, 1.54) is 46.4 Å². The van der Waals surface area contributed by atoms with Crippen LogP contribution in [-0.2, 0) is 0 Å². The Hall–Kier alpha value is -7.55. The van der Waals surface area contributed by atoms with Crippen LogP contribution in [0.25, 0.3) is 99.4 Å². The summed E-state index contributed by atoms with van der Waals surface area (Å²) in [6.45, 7) is 0. The number of rotatable bonds is 9. The topological polar surface area (TPSA) is 41.9 Å². The lowest BCUT2D eigenvalue weighted by Gasteiger charge is -2.26. The van der Waals surface area contributed by atoms with Crippen molar-refractivity contribution in [2.24, 2.45) is 0 Å². The van der Waals surface area contributed by atoms with Gasteiger partial charge in [-0.3, -0.25) is 0 Å². The van der Waals surface area contributed by atoms with Crippen molar-refractivity contribution in [1.29, 1.82) is 0 Å². The van der Waals surface area contributed by atoms with Crippen molar-refractivity contribution >= 4 is 150 Å². The molecule has 12 aromatic rings. The first-order chi connectivity index (χ1) is 31.6. The van der Waals surface area contributed by atoms with E-state index >= 15 is 0 Å². The number of benzene rings is 9. The van der Waals surface area contributed by atoms with E-state index in [4.69, 9.17) is 15.0 Å². The molecule has 64 heavy (non-hydrogen) atoms. The predicted octanol–water partition coefficient (Wildman–Crippen LogP) is 17.0. The summed E-state index contributed by atoms with van der Waals surface area (Å²) in [5, 5.41) is 10.1. The van der Waals surface area contributed by atoms with Crippen LogP contribution in [0, 0.1) is 0 Å². The minimum absolute atomic E-state index is 1.01. The van der Waals surface area contributed by atoms with Crippen LogP contribution in [0.4, 0.5) is 17.1 Å². The largest absolute Gasteiger partial charge is 0.310 e. The molecule has 0 saturated heterocycles. The van der Waals surface area contributed by atoms with Crippen LogP contribution in [-0.4, -0.2) is 15.0 Å². The van der Waals surface area contributed by atoms with Gasteiger partial charge in [0, 0.05) is 17.1 Å². The Balaban J connectivity index is 0.881. The van der Waals surface area contributed by atoms with E-state index in [1.807, 2.05) is 18.2 Å². The van der Waals surface area contributed by atoms with E-state index in [0.29, 0.717) is 0 Å². The third-order valence-corrected chi connectivity index (χ3v) is 14.5. The van der Waals surface area contributed by atoms with E-state index in [2.05, 4.69) is 205 Å². The highest BCUT2D eigenvalue weighted by Crippen LogP contribution is 2.39. The van der Waals surface area contributed by atoms with Gasteiger partial charge in [0.15, 0.2) is 0 Å². The molecule has 0 amide bonds. The maximum Gasteiger partial charge on any atom is 0.117 e. The molecule has 0 aliphatic rings. The van der Waals surface area contributed by atoms with Gasteiger partial charge in [-0.25, -0.2) is 15.0 Å². The van der Waals surface area contributed by atoms with Gasteiger partial charge in [0.05, 0.1) is 30.6 Å². The predicted molar refractivity (Wildman–Crippen MR) is 279 cm³/mol. The molecule has 0 bridgehead atoms. The minimum atomic E-state index is 1.01. The average molecular weight is 873 g/mol. The van der Waals surface area contributed by atoms with Crippen molar-refractivity contribution in [2.75, 3.05) is 4.90 Å². The standard InChI is InChI=1S/C57H36N4S3/c1-4-10-52-49(7-1)58-55(62-52)28-16-37-13-19-43-34-46(25-22-40(43)31-37)61(47-26-23-41-32-38(14-20-44(41)35-47)17-29-56-59-50-8-2-5-11-53(50)63-56)48-27-24-42-33-39(15-21-45(42)36-48)18-30-57-60-51-9-3-6-12-54(51)64-57/h1-36H/b28-16+,29-17+,30-18+. The summed E-state index contributed by atoms with van der Waals surface area (Å²) < 4.78 is 3.60. The van der Waals surface area contributed by atoms with E-state index in [1.54, 1.807) is 34.0 Å². The van der Waals surface area contributed by atoms with Crippen LogP contribution in [0.3, 0.4) is 0 Å². The second kappa shape index (κ2) is 16.3. The molecule has 302 valence electrons. The number of nitrogens with zero attached hydrogens (tertiary/aromatic N) is 4. The Bertz CT molecular complexity index is 3330. The quantitative estimate of drug-likeness (QED) is 0.145. The number of hydrogen-bond donors (Lipinski definition) is 0. The fraction of sp³-hybridized carbons (Fsp3) is 0. The number of aromatic nitrogens is 3. The summed E-state index contributed by atoms with van der Waals surface area (Å²) in [6.07, 6.45) is 12.8. The van der Waals surface area contributed by atoms with Crippen LogP contribution in [0.15, 0.2) is 182 Å². The maximum atomic E-state index is 4.79. The highest BCUT2D eigenvalue weighted by Gasteiger charge is 2.15. The fourth-order valence-electron chi connectivity index (χ4n) is 8.32. The smallest absolute Gasteiger partial charge is 0.117 e. The molecule has 4 nitrogen and oxygen atoms in total. The Morgan fingerprint density at radius 3 is 0.922 bits per heavy atom. The van der Waals surface area contributed by atoms with Gasteiger partial charge in [-0.1, -0.05) is 109 Å². The van der Waals surface area contributed by atoms with Crippen LogP contribution in [0.2, 0.25) is 0 Å². The molecule has 0 saturated carbocycles. The van der Waals surface area contributed by atoms with Crippen molar-refractivity contribution in [1.82, 2.24) is 15.0 Å². The molecule has 9 aromatic carbocycles. The molecule has 0 unspecified atom stereocenters. The first-order valence-electron chi connectivity index (χ1n) is 21.1. The van der Waals surface area contributed by atoms with Crippen LogP contribution in [0.5, 0.6) is 0 Å². The van der Waals surface area contributed by atoms with Gasteiger partial charge in [0.2, 0.25) is 0 Å². The summed E-state index contributed by atoms with van der Waals surface area (Å²) in [4.78, 5) is 16.8. The van der Waals surface area contributed by atoms with Crippen LogP contribution in [0.1, 0.15) is 31.7 Å². The highest BCUT2D eigenvalue weighted by molar-refractivity contribution is 7.20. The maximum absolute atomic E-state index is 4.79. The molecule has 7 heteroatoms. The second-order valence-electron chi connectivity index (χ2n) is 15.8. The molecule has 3 aromatic heterocycles. The fourth-order valence-corrected chi connectivity index (χ4v) is 10.9. The number of thiazole rings is 3. The molecule has 0 atom stereocenters. The third-order valence-electron chi connectivity index (χ3n) is 11.5. The average Bonchev–Trinajstić information content (AvgIpc) is 4.08. The summed E-state index contributed by atoms with van der Waals surface area (Å²) in [5.74, 6) is 0. The molecule has 0 fully saturated rings. The zero-order valence-corrected chi connectivity index (χ0v) is 36.7. The number of fused-ring (bicyclic) bond motifs is 6. The lowest BCUT2D eigenvalue weighted by molar-refractivity contribution is 1.30. The molecular weight excluding hydrogens is 837 g/mol. The van der Waals surface area contributed by atoms with Crippen molar-refractivity contribution < 1.29 is 0 Å². The molecule has 0 aliphatic heterocycles. The van der Waals surface area contributed by atoms with E-state index in [9.17, 15) is 0 Å². The summed E-state index contributed by atoms with van der Waals surface area (Å²) in [5.41, 5.74) is 9.82. The Kier molecular flexibility index (Phi) is 9.71. The highest BCUT2D eigenvalue weighted by atomic mass is 32.1. The second-order valence-corrected chi connectivity index (χ2v) is 19.0. The van der Waals surface area contributed by atoms with Gasteiger partial charge in [-0.05, 0) is 158 Å². The monoisotopic (exact) mass is 872 g/mol. The van der Waals surface area contributed by atoms with Gasteiger partial charge < -0.3 is 4.90 Å². The van der Waals surface area contributed by atoms with Gasteiger partial charge in [0.1, 0.15) is 15.0 Å². The summed E-state index contributed by atoms with van der Waals surface area (Å²) in [7, 11) is 0. The van der Waals surface area contributed by atoms with Gasteiger partial charge in [-0.2, -0.15) is 0 Å². The first-order valence-corrected chi connectivity index (χ1v) is 23.6. The number of anilines is 3. The van der Waals surface area contributed by atoms with E-state index in [-0.39, 0.29) is 0 Å². The zero-order valence-electron chi connectivity index (χ0n) is 34.3. The number of para-hydroxylation sites is 3. The van der Waals surface area contributed by atoms with Gasteiger partial charge >= 0.3 is 0 Å². The summed E-state index contributed by atoms with van der Waals surface area (Å²) in [6, 6.07) is 65.2. The molecule has 0 aliphatic carbocycles. The van der Waals surface area contributed by atoms with Crippen LogP contribution >= 0.6 is 34.0 Å². The van der Waals surface area contributed by atoms with Crippen molar-refractivity contribution in [2.45, 2.75) is 0 Å². The third kappa shape index (κ3) is 7.67. The van der Waals surface area contributed by atoms with Crippen molar-refractivity contribution in [3.8, 4) is 0 Å². The SMILES string of the molecule is C(=C\c1nc2ccccc2s1)/c1ccc2cc(N(c3ccc4cc(/C=C/c5nc6ccccc6s5)ccc4c3)c3ccc4cc(/C=C/c5nc6ccccc6s5)ccc4c3)ccc2c1. The Morgan fingerprint density at radius 1 is 0.297 bits per heavy atom. The molecule has 0 N–H and O–H groups in total.